The number of Topliss-reactive ketones (excluding diaryl/α,β-unsaturated/α-hetero) is 1. The van der Waals surface area contributed by atoms with Gasteiger partial charge in [0.2, 0.25) is 0 Å². The maximum absolute atomic E-state index is 13.7. The largest absolute Gasteiger partial charge is 0.463 e. The maximum Gasteiger partial charge on any atom is 0.306 e. The van der Waals surface area contributed by atoms with Gasteiger partial charge in [-0.15, -0.1) is 0 Å². The number of likely N-dealkylation sites (N-methyl/N-ethyl adjacent to an activating group) is 1. The van der Waals surface area contributed by atoms with Crippen LogP contribution < -0.4 is 0 Å². The Hall–Kier alpha value is -2.38. The van der Waals surface area contributed by atoms with Gasteiger partial charge in [0.05, 0.1) is 55.0 Å². The van der Waals surface area contributed by atoms with E-state index in [0.29, 0.717) is 6.42 Å². The van der Waals surface area contributed by atoms with Crippen molar-refractivity contribution >= 4 is 24.0 Å². The summed E-state index contributed by atoms with van der Waals surface area (Å²) in [6.07, 6.45) is -6.22. The quantitative estimate of drug-likeness (QED) is 0.112. The number of aliphatic hydroxyl groups excluding tert-OH is 2. The zero-order valence-electron chi connectivity index (χ0n) is 35.2. The Kier molecular flexibility index (Phi) is 17.2. The fourth-order valence-electron chi connectivity index (χ4n) is 8.60. The summed E-state index contributed by atoms with van der Waals surface area (Å²) >= 11 is 0. The average Bonchev–Trinajstić information content (AvgIpc) is 3.88. The Morgan fingerprint density at radius 2 is 1.67 bits per heavy atom. The first-order valence-electron chi connectivity index (χ1n) is 20.4. The number of ketones is 1. The molecule has 16 heteroatoms. The summed E-state index contributed by atoms with van der Waals surface area (Å²) in [4.78, 5) is 53.3. The van der Waals surface area contributed by atoms with Gasteiger partial charge >= 0.3 is 11.9 Å². The average molecular weight is 814 g/mol. The third kappa shape index (κ3) is 12.1. The predicted molar refractivity (Wildman–Crippen MR) is 203 cm³/mol. The van der Waals surface area contributed by atoms with E-state index in [2.05, 4.69) is 0 Å². The van der Waals surface area contributed by atoms with Crippen LogP contribution in [0.3, 0.4) is 0 Å². The summed E-state index contributed by atoms with van der Waals surface area (Å²) in [5, 5.41) is 34.6. The Balaban J connectivity index is 1.66. The second-order valence-corrected chi connectivity index (χ2v) is 16.7. The molecule has 3 fully saturated rings. The summed E-state index contributed by atoms with van der Waals surface area (Å²) in [5.74, 6) is -3.46. The number of epoxide rings is 1. The van der Waals surface area contributed by atoms with Crippen LogP contribution in [0, 0.1) is 17.8 Å². The highest BCUT2D eigenvalue weighted by Gasteiger charge is 2.53. The molecule has 18 atom stereocenters. The van der Waals surface area contributed by atoms with E-state index in [1.54, 1.807) is 72.7 Å². The van der Waals surface area contributed by atoms with Crippen molar-refractivity contribution in [2.24, 2.45) is 17.8 Å². The maximum atomic E-state index is 13.7. The van der Waals surface area contributed by atoms with Crippen LogP contribution in [0.15, 0.2) is 12.2 Å². The van der Waals surface area contributed by atoms with Crippen molar-refractivity contribution in [3.63, 3.8) is 0 Å². The molecule has 4 aliphatic heterocycles. The SMILES string of the molecule is CCC(=O)O[C@H]1[C@H](C)O[C@@H](O[C@H]2[C@H](N(C)C)[C@@H](O)[C@H](O[C@H]3[C@@H](CC=O)C[C@@H](C)[C@@H](O)/C=C/[C@@H]4O[C@H]4C[C@@H](C)OC(=O)C[C@@H](C(=O)CC)[C@@H]3OC)O[C@@H]2C)C[C@@]1(C)O. The van der Waals surface area contributed by atoms with Crippen LogP contribution >= 0.6 is 0 Å². The standard InChI is InChI=1S/C41H67NO15/c1-11-27(44)26-19-32(47)51-22(4)18-30-29(54-30)14-13-28(45)21(3)17-25(15-16-43)37(38(26)50-10)57-40-35(48)34(42(8)9)36(23(5)53-40)56-33-20-41(7,49)39(24(6)52-33)55-31(46)12-2/h13-14,16,21-26,28-30,33-40,45,48-49H,11-12,15,17-20H2,1-10H3/b14-13+/t21-,22-,23-,24+,25+,26+,28+,29+,30+,33+,34-,35-,36-,37+,38+,39+,40+,41-/m1/s1. The fraction of sp³-hybridized carbons (Fsp3) is 0.854. The Morgan fingerprint density at radius 1 is 0.965 bits per heavy atom. The van der Waals surface area contributed by atoms with Gasteiger partial charge in [0.15, 0.2) is 18.7 Å². The molecule has 0 spiro atoms. The van der Waals surface area contributed by atoms with E-state index in [4.69, 9.17) is 37.9 Å². The number of methoxy groups -OCH3 is 1. The molecule has 4 aliphatic rings. The van der Waals surface area contributed by atoms with Gasteiger partial charge in [-0.05, 0) is 60.0 Å². The van der Waals surface area contributed by atoms with Crippen LogP contribution in [0.25, 0.3) is 0 Å². The second kappa shape index (κ2) is 20.7. The molecule has 0 aromatic rings. The number of ether oxygens (including phenoxy) is 8. The molecule has 0 aromatic heterocycles. The number of nitrogens with zero attached hydrogens (tertiary/aromatic N) is 1. The van der Waals surface area contributed by atoms with E-state index in [-0.39, 0.29) is 56.5 Å². The van der Waals surface area contributed by atoms with Gasteiger partial charge in [0, 0.05) is 39.2 Å². The predicted octanol–water partition coefficient (Wildman–Crippen LogP) is 2.25. The minimum absolute atomic E-state index is 0.0368. The highest BCUT2D eigenvalue weighted by Crippen LogP contribution is 2.39. The van der Waals surface area contributed by atoms with E-state index in [0.717, 1.165) is 6.29 Å². The van der Waals surface area contributed by atoms with Gasteiger partial charge in [-0.25, -0.2) is 0 Å². The van der Waals surface area contributed by atoms with Crippen LogP contribution in [-0.4, -0.2) is 157 Å². The Morgan fingerprint density at radius 3 is 2.26 bits per heavy atom. The van der Waals surface area contributed by atoms with E-state index in [1.165, 1.54) is 7.11 Å². The molecule has 3 saturated heterocycles. The number of aliphatic hydroxyl groups is 3. The molecule has 0 saturated carbocycles. The van der Waals surface area contributed by atoms with Crippen LogP contribution in [0.1, 0.15) is 93.4 Å². The first-order valence-corrected chi connectivity index (χ1v) is 20.4. The summed E-state index contributed by atoms with van der Waals surface area (Å²) < 4.78 is 48.6. The summed E-state index contributed by atoms with van der Waals surface area (Å²) in [6, 6.07) is -0.765. The summed E-state index contributed by atoms with van der Waals surface area (Å²) in [5.41, 5.74) is -1.48. The van der Waals surface area contributed by atoms with Gasteiger partial charge in [0.25, 0.3) is 0 Å². The first-order chi connectivity index (χ1) is 26.8. The summed E-state index contributed by atoms with van der Waals surface area (Å²) in [7, 11) is 4.91. The van der Waals surface area contributed by atoms with Crippen molar-refractivity contribution in [3.05, 3.63) is 12.2 Å². The van der Waals surface area contributed by atoms with E-state index >= 15 is 0 Å². The molecule has 0 aliphatic carbocycles. The lowest BCUT2D eigenvalue weighted by molar-refractivity contribution is -0.343. The molecule has 326 valence electrons. The van der Waals surface area contributed by atoms with Gasteiger partial charge in [0.1, 0.15) is 42.1 Å². The zero-order valence-corrected chi connectivity index (χ0v) is 35.2. The monoisotopic (exact) mass is 813 g/mol. The van der Waals surface area contributed by atoms with Crippen molar-refractivity contribution in [1.29, 1.82) is 0 Å². The fourth-order valence-corrected chi connectivity index (χ4v) is 8.60. The van der Waals surface area contributed by atoms with Crippen LogP contribution in [0.5, 0.6) is 0 Å². The number of aldehydes is 1. The van der Waals surface area contributed by atoms with Crippen molar-refractivity contribution in [1.82, 2.24) is 4.90 Å². The molecule has 0 radical (unpaired) electrons. The molecule has 0 aromatic carbocycles. The number of hydrogen-bond donors (Lipinski definition) is 3. The topological polar surface area (TPSA) is 209 Å². The number of carbonyl (C=O) groups excluding carboxylic acids is 4. The molecular formula is C41H67NO15. The minimum atomic E-state index is -1.48. The number of rotatable bonds is 12. The van der Waals surface area contributed by atoms with Crippen LogP contribution in [0.2, 0.25) is 0 Å². The zero-order chi connectivity index (χ0) is 42.4. The lowest BCUT2D eigenvalue weighted by Gasteiger charge is -2.50. The van der Waals surface area contributed by atoms with Crippen molar-refractivity contribution in [3.8, 4) is 0 Å². The number of esters is 2. The number of carbonyl (C=O) groups is 4. The summed E-state index contributed by atoms with van der Waals surface area (Å²) in [6.45, 7) is 11.9. The molecule has 0 amide bonds. The minimum Gasteiger partial charge on any atom is -0.463 e. The number of hydrogen-bond acceptors (Lipinski definition) is 16. The van der Waals surface area contributed by atoms with Crippen molar-refractivity contribution in [2.45, 2.75) is 185 Å². The molecule has 57 heavy (non-hydrogen) atoms. The Bertz CT molecular complexity index is 1380. The lowest BCUT2D eigenvalue weighted by Crippen LogP contribution is -2.66. The smallest absolute Gasteiger partial charge is 0.306 e. The third-order valence-electron chi connectivity index (χ3n) is 11.8. The van der Waals surface area contributed by atoms with Crippen molar-refractivity contribution in [2.75, 3.05) is 21.2 Å². The second-order valence-electron chi connectivity index (χ2n) is 16.7. The lowest BCUT2D eigenvalue weighted by atomic mass is 9.79. The van der Waals surface area contributed by atoms with E-state index < -0.39 is 109 Å². The van der Waals surface area contributed by atoms with Gasteiger partial charge in [-0.1, -0.05) is 32.9 Å². The number of fused-ring (bicyclic) bond motifs is 1. The molecular weight excluding hydrogens is 746 g/mol. The molecule has 16 nitrogen and oxygen atoms in total. The molecule has 4 heterocycles. The van der Waals surface area contributed by atoms with Crippen LogP contribution in [-0.2, 0) is 57.1 Å². The van der Waals surface area contributed by atoms with Gasteiger partial charge in [-0.2, -0.15) is 0 Å². The highest BCUT2D eigenvalue weighted by molar-refractivity contribution is 5.85. The van der Waals surface area contributed by atoms with Crippen LogP contribution in [0.4, 0.5) is 0 Å². The van der Waals surface area contributed by atoms with Crippen molar-refractivity contribution < 1.29 is 72.4 Å². The van der Waals surface area contributed by atoms with Gasteiger partial charge < -0.3 is 62.9 Å². The normalized spacial score (nSPS) is 44.0. The van der Waals surface area contributed by atoms with Gasteiger partial charge in [-0.3, -0.25) is 14.4 Å². The van der Waals surface area contributed by atoms with E-state index in [9.17, 15) is 34.5 Å². The van der Waals surface area contributed by atoms with E-state index in [1.807, 2.05) is 6.92 Å². The molecule has 3 N–H and O–H groups in total. The molecule has 0 unspecified atom stereocenters. The Labute approximate surface area is 336 Å². The number of cyclic esters (lactones) is 1. The highest BCUT2D eigenvalue weighted by atomic mass is 16.7. The molecule has 4 rings (SSSR count). The first kappa shape index (κ1) is 47.3. The molecule has 0 bridgehead atoms. The third-order valence-corrected chi connectivity index (χ3v) is 11.8.